The van der Waals surface area contributed by atoms with Gasteiger partial charge in [0.15, 0.2) is 4.80 Å². The minimum absolute atomic E-state index is 0.206. The molecule has 25 heavy (non-hydrogen) atoms. The van der Waals surface area contributed by atoms with E-state index in [0.717, 1.165) is 25.8 Å². The van der Waals surface area contributed by atoms with Crippen LogP contribution in [0.1, 0.15) is 21.5 Å². The van der Waals surface area contributed by atoms with E-state index in [1.54, 1.807) is 11.3 Å². The topological polar surface area (TPSA) is 34.4 Å². The molecule has 0 saturated heterocycles. The number of amides is 1. The molecule has 0 atom stereocenters. The highest BCUT2D eigenvalue weighted by Gasteiger charge is 2.10. The van der Waals surface area contributed by atoms with Crippen molar-refractivity contribution in [3.05, 3.63) is 76.1 Å². The van der Waals surface area contributed by atoms with Crippen LogP contribution in [0.25, 0.3) is 21.0 Å². The summed E-state index contributed by atoms with van der Waals surface area (Å²) < 4.78 is 3.16. The van der Waals surface area contributed by atoms with E-state index in [2.05, 4.69) is 31.0 Å². The fourth-order valence-electron chi connectivity index (χ4n) is 3.11. The first-order chi connectivity index (χ1) is 12.0. The Bertz CT molecular complexity index is 1200. The van der Waals surface area contributed by atoms with Crippen LogP contribution in [0.2, 0.25) is 0 Å². The lowest BCUT2D eigenvalue weighted by Gasteiger charge is -2.03. The smallest absolute Gasteiger partial charge is 0.279 e. The predicted octanol–water partition coefficient (Wildman–Crippen LogP) is 4.75. The second kappa shape index (κ2) is 5.97. The van der Waals surface area contributed by atoms with E-state index in [4.69, 9.17) is 0 Å². The standard InChI is InChI=1S/C21H18N2OS/c1-13-8-11-18-19(14(13)2)23(3)21(25-18)22-20(24)17-10-9-15-6-4-5-7-16(15)12-17/h4-12H,1-3H3. The van der Waals surface area contributed by atoms with E-state index < -0.39 is 0 Å². The van der Waals surface area contributed by atoms with Crippen molar-refractivity contribution >= 4 is 38.2 Å². The van der Waals surface area contributed by atoms with Gasteiger partial charge in [0.25, 0.3) is 5.91 Å². The summed E-state index contributed by atoms with van der Waals surface area (Å²) in [7, 11) is 1.97. The summed E-state index contributed by atoms with van der Waals surface area (Å²) in [5.41, 5.74) is 4.24. The van der Waals surface area contributed by atoms with Crippen molar-refractivity contribution in [1.29, 1.82) is 0 Å². The molecule has 0 aliphatic rings. The first kappa shape index (κ1) is 15.8. The lowest BCUT2D eigenvalue weighted by Crippen LogP contribution is -2.13. The van der Waals surface area contributed by atoms with Crippen LogP contribution in [-0.4, -0.2) is 10.5 Å². The van der Waals surface area contributed by atoms with Gasteiger partial charge in [-0.05, 0) is 53.9 Å². The number of thiazole rings is 1. The third-order valence-corrected chi connectivity index (χ3v) is 5.78. The molecule has 0 radical (unpaired) electrons. The van der Waals surface area contributed by atoms with Crippen molar-refractivity contribution in [2.45, 2.75) is 13.8 Å². The molecule has 3 nitrogen and oxygen atoms in total. The molecule has 124 valence electrons. The number of hydrogen-bond donors (Lipinski definition) is 0. The van der Waals surface area contributed by atoms with Gasteiger partial charge in [-0.3, -0.25) is 4.79 Å². The molecule has 3 aromatic carbocycles. The number of fused-ring (bicyclic) bond motifs is 2. The Morgan fingerprint density at radius 3 is 2.56 bits per heavy atom. The fourth-order valence-corrected chi connectivity index (χ4v) is 4.19. The maximum Gasteiger partial charge on any atom is 0.279 e. The normalized spacial score (nSPS) is 12.2. The Kier molecular flexibility index (Phi) is 3.77. The number of aromatic nitrogens is 1. The van der Waals surface area contributed by atoms with Crippen molar-refractivity contribution in [3.8, 4) is 0 Å². The molecule has 0 aliphatic carbocycles. The quantitative estimate of drug-likeness (QED) is 0.490. The van der Waals surface area contributed by atoms with Crippen molar-refractivity contribution in [1.82, 2.24) is 4.57 Å². The van der Waals surface area contributed by atoms with E-state index >= 15 is 0 Å². The summed E-state index contributed by atoms with van der Waals surface area (Å²) in [4.78, 5) is 17.8. The van der Waals surface area contributed by atoms with E-state index in [9.17, 15) is 4.79 Å². The molecule has 0 aliphatic heterocycles. The molecule has 0 N–H and O–H groups in total. The average molecular weight is 346 g/mol. The number of hydrogen-bond acceptors (Lipinski definition) is 2. The SMILES string of the molecule is Cc1ccc2sc(=NC(=O)c3ccc4ccccc4c3)n(C)c2c1C. The largest absolute Gasteiger partial charge is 0.319 e. The maximum absolute atomic E-state index is 12.7. The van der Waals surface area contributed by atoms with E-state index in [-0.39, 0.29) is 5.91 Å². The minimum Gasteiger partial charge on any atom is -0.319 e. The van der Waals surface area contributed by atoms with Crippen LogP contribution >= 0.6 is 11.3 Å². The molecular formula is C21H18N2OS. The maximum atomic E-state index is 12.7. The molecule has 4 rings (SSSR count). The number of nitrogens with zero attached hydrogens (tertiary/aromatic N) is 2. The number of carbonyl (C=O) groups excluding carboxylic acids is 1. The van der Waals surface area contributed by atoms with Crippen molar-refractivity contribution in [3.63, 3.8) is 0 Å². The van der Waals surface area contributed by atoms with Crippen molar-refractivity contribution in [2.75, 3.05) is 0 Å². The van der Waals surface area contributed by atoms with Gasteiger partial charge in [-0.25, -0.2) is 0 Å². The molecule has 4 heteroatoms. The molecule has 0 fully saturated rings. The Hall–Kier alpha value is -2.72. The van der Waals surface area contributed by atoms with Gasteiger partial charge in [0.2, 0.25) is 0 Å². The van der Waals surface area contributed by atoms with Crippen molar-refractivity contribution < 1.29 is 4.79 Å². The Morgan fingerprint density at radius 2 is 1.76 bits per heavy atom. The van der Waals surface area contributed by atoms with Crippen LogP contribution in [0, 0.1) is 13.8 Å². The number of aryl methyl sites for hydroxylation is 3. The first-order valence-corrected chi connectivity index (χ1v) is 9.00. The van der Waals surface area contributed by atoms with Gasteiger partial charge >= 0.3 is 0 Å². The molecule has 4 aromatic rings. The summed E-state index contributed by atoms with van der Waals surface area (Å²) in [6.45, 7) is 4.21. The third kappa shape index (κ3) is 2.68. The van der Waals surface area contributed by atoms with E-state index in [1.807, 2.05) is 54.1 Å². The third-order valence-electron chi connectivity index (χ3n) is 4.68. The predicted molar refractivity (Wildman–Crippen MR) is 104 cm³/mol. The Labute approximate surface area is 149 Å². The zero-order chi connectivity index (χ0) is 17.6. The average Bonchev–Trinajstić information content (AvgIpc) is 2.94. The van der Waals surface area contributed by atoms with Gasteiger partial charge in [0.05, 0.1) is 10.2 Å². The molecule has 0 saturated carbocycles. The van der Waals surface area contributed by atoms with Crippen LogP contribution < -0.4 is 4.80 Å². The van der Waals surface area contributed by atoms with Gasteiger partial charge in [-0.15, -0.1) is 0 Å². The van der Waals surface area contributed by atoms with E-state index in [1.165, 1.54) is 11.1 Å². The van der Waals surface area contributed by atoms with Gasteiger partial charge in [0.1, 0.15) is 0 Å². The molecule has 0 unspecified atom stereocenters. The summed E-state index contributed by atoms with van der Waals surface area (Å²) in [6.07, 6.45) is 0. The highest BCUT2D eigenvalue weighted by molar-refractivity contribution is 7.16. The zero-order valence-electron chi connectivity index (χ0n) is 14.4. The number of carbonyl (C=O) groups is 1. The van der Waals surface area contributed by atoms with Crippen molar-refractivity contribution in [2.24, 2.45) is 12.0 Å². The summed E-state index contributed by atoms with van der Waals surface area (Å²) in [6, 6.07) is 18.0. The molecule has 1 heterocycles. The highest BCUT2D eigenvalue weighted by Crippen LogP contribution is 2.23. The number of benzene rings is 3. The highest BCUT2D eigenvalue weighted by atomic mass is 32.1. The van der Waals surface area contributed by atoms with Crippen LogP contribution in [0.3, 0.4) is 0 Å². The molecule has 0 bridgehead atoms. The summed E-state index contributed by atoms with van der Waals surface area (Å²) in [5, 5.41) is 2.17. The Balaban J connectivity index is 1.84. The van der Waals surface area contributed by atoms with Gasteiger partial charge in [0, 0.05) is 12.6 Å². The lowest BCUT2D eigenvalue weighted by molar-refractivity contribution is 0.0998. The molecular weight excluding hydrogens is 328 g/mol. The second-order valence-corrected chi connectivity index (χ2v) is 7.29. The van der Waals surface area contributed by atoms with Crippen LogP contribution in [0.5, 0.6) is 0 Å². The fraction of sp³-hybridized carbons (Fsp3) is 0.143. The van der Waals surface area contributed by atoms with Gasteiger partial charge < -0.3 is 4.57 Å². The lowest BCUT2D eigenvalue weighted by atomic mass is 10.1. The van der Waals surface area contributed by atoms with Gasteiger partial charge in [-0.1, -0.05) is 47.7 Å². The molecule has 0 spiro atoms. The molecule has 1 aromatic heterocycles. The summed E-state index contributed by atoms with van der Waals surface area (Å²) >= 11 is 1.55. The second-order valence-electron chi connectivity index (χ2n) is 6.28. The van der Waals surface area contributed by atoms with Crippen LogP contribution in [0.4, 0.5) is 0 Å². The monoisotopic (exact) mass is 346 g/mol. The number of rotatable bonds is 1. The van der Waals surface area contributed by atoms with Crippen LogP contribution in [-0.2, 0) is 7.05 Å². The van der Waals surface area contributed by atoms with Crippen LogP contribution in [0.15, 0.2) is 59.6 Å². The summed E-state index contributed by atoms with van der Waals surface area (Å²) in [5.74, 6) is -0.206. The Morgan fingerprint density at radius 1 is 1.00 bits per heavy atom. The molecule has 1 amide bonds. The van der Waals surface area contributed by atoms with E-state index in [0.29, 0.717) is 5.56 Å². The first-order valence-electron chi connectivity index (χ1n) is 8.18. The minimum atomic E-state index is -0.206. The zero-order valence-corrected chi connectivity index (χ0v) is 15.2. The van der Waals surface area contributed by atoms with Gasteiger partial charge in [-0.2, -0.15) is 4.99 Å².